The van der Waals surface area contributed by atoms with Crippen molar-refractivity contribution in [2.45, 2.75) is 0 Å². The molecule has 0 fully saturated rings. The number of pyridine rings is 1. The average molecular weight is 372 g/mol. The van der Waals surface area contributed by atoms with Crippen LogP contribution in [0.3, 0.4) is 0 Å². The molecule has 1 aromatic carbocycles. The maximum Gasteiger partial charge on any atom is 0.259 e. The lowest BCUT2D eigenvalue weighted by Crippen LogP contribution is -2.18. The Morgan fingerprint density at radius 1 is 1.43 bits per heavy atom. The minimum atomic E-state index is -0.391. The number of nitrogens with zero attached hydrogens (tertiary/aromatic N) is 1. The van der Waals surface area contributed by atoms with Crippen LogP contribution in [-0.2, 0) is 0 Å². The molecule has 0 aliphatic rings. The first kappa shape index (κ1) is 15.6. The van der Waals surface area contributed by atoms with Gasteiger partial charge in [0.25, 0.3) is 5.91 Å². The number of anilines is 2. The molecule has 0 bridgehead atoms. The Balaban J connectivity index is 2.34. The summed E-state index contributed by atoms with van der Waals surface area (Å²) in [6.07, 6.45) is 1.53. The number of methoxy groups -OCH3 is 1. The van der Waals surface area contributed by atoms with Gasteiger partial charge in [-0.05, 0) is 40.2 Å². The van der Waals surface area contributed by atoms with Gasteiger partial charge in [0.2, 0.25) is 0 Å². The van der Waals surface area contributed by atoms with Gasteiger partial charge < -0.3 is 15.5 Å². The normalized spacial score (nSPS) is 10.1. The lowest BCUT2D eigenvalue weighted by atomic mass is 10.2. The van der Waals surface area contributed by atoms with Crippen LogP contribution >= 0.6 is 27.5 Å². The number of amides is 1. The smallest absolute Gasteiger partial charge is 0.259 e. The number of carbonyl (C=O) groups excluding carboxylic acids is 1. The Hall–Kier alpha value is -1.83. The van der Waals surface area contributed by atoms with Crippen LogP contribution in [0.2, 0.25) is 5.02 Å². The molecule has 1 aromatic heterocycles. The number of nitrogen functional groups attached to an aromatic ring is 1. The lowest BCUT2D eigenvalue weighted by molar-refractivity contribution is 0.102. The van der Waals surface area contributed by atoms with Gasteiger partial charge in [-0.25, -0.2) is 10.8 Å². The van der Waals surface area contributed by atoms with Crippen LogP contribution in [0.15, 0.2) is 34.9 Å². The Kier molecular flexibility index (Phi) is 5.00. The van der Waals surface area contributed by atoms with Gasteiger partial charge in [-0.15, -0.1) is 0 Å². The first-order valence-corrected chi connectivity index (χ1v) is 6.99. The van der Waals surface area contributed by atoms with Crippen molar-refractivity contribution in [3.8, 4) is 5.75 Å². The van der Waals surface area contributed by atoms with Crippen molar-refractivity contribution in [1.82, 2.24) is 4.98 Å². The van der Waals surface area contributed by atoms with Crippen LogP contribution < -0.4 is 21.3 Å². The van der Waals surface area contributed by atoms with E-state index in [2.05, 4.69) is 31.7 Å². The molecule has 4 N–H and O–H groups in total. The number of benzene rings is 1. The summed E-state index contributed by atoms with van der Waals surface area (Å²) in [5.41, 5.74) is 3.12. The van der Waals surface area contributed by atoms with E-state index in [1.165, 1.54) is 13.3 Å². The molecule has 1 amide bonds. The van der Waals surface area contributed by atoms with Crippen LogP contribution in [0.4, 0.5) is 11.5 Å². The molecule has 0 aliphatic carbocycles. The van der Waals surface area contributed by atoms with Gasteiger partial charge in [-0.1, -0.05) is 11.6 Å². The molecule has 0 atom stereocenters. The van der Waals surface area contributed by atoms with E-state index in [9.17, 15) is 4.79 Å². The predicted molar refractivity (Wildman–Crippen MR) is 85.7 cm³/mol. The van der Waals surface area contributed by atoms with Crippen LogP contribution in [0, 0.1) is 0 Å². The second kappa shape index (κ2) is 6.75. The monoisotopic (exact) mass is 370 g/mol. The third-order valence-electron chi connectivity index (χ3n) is 2.65. The zero-order chi connectivity index (χ0) is 15.4. The second-order valence-electron chi connectivity index (χ2n) is 3.99. The molecule has 0 saturated carbocycles. The number of halogens is 2. The van der Waals surface area contributed by atoms with Crippen molar-refractivity contribution in [2.24, 2.45) is 5.84 Å². The quantitative estimate of drug-likeness (QED) is 0.568. The summed E-state index contributed by atoms with van der Waals surface area (Å²) in [6, 6.07) is 6.54. The predicted octanol–water partition coefficient (Wildman–Crippen LogP) is 3.04. The van der Waals surface area contributed by atoms with Gasteiger partial charge in [0.1, 0.15) is 5.75 Å². The van der Waals surface area contributed by atoms with E-state index in [1.54, 1.807) is 24.3 Å². The van der Waals surface area contributed by atoms with Crippen molar-refractivity contribution in [3.63, 3.8) is 0 Å². The lowest BCUT2D eigenvalue weighted by Gasteiger charge is -2.12. The molecule has 2 rings (SSSR count). The zero-order valence-corrected chi connectivity index (χ0v) is 13.3. The minimum Gasteiger partial charge on any atom is -0.495 e. The average Bonchev–Trinajstić information content (AvgIpc) is 2.47. The van der Waals surface area contributed by atoms with Crippen molar-refractivity contribution in [3.05, 3.63) is 45.5 Å². The molecule has 6 nitrogen and oxygen atoms in total. The third kappa shape index (κ3) is 3.63. The highest BCUT2D eigenvalue weighted by atomic mass is 79.9. The fourth-order valence-electron chi connectivity index (χ4n) is 1.69. The summed E-state index contributed by atoms with van der Waals surface area (Å²) in [5.74, 6) is 5.73. The van der Waals surface area contributed by atoms with Crippen molar-refractivity contribution in [1.29, 1.82) is 0 Å². The SMILES string of the molecule is COc1ccc(Cl)cc1NC(=O)c1cc(Br)cnc1NN. The highest BCUT2D eigenvalue weighted by Crippen LogP contribution is 2.28. The summed E-state index contributed by atoms with van der Waals surface area (Å²) in [7, 11) is 1.51. The van der Waals surface area contributed by atoms with E-state index in [0.29, 0.717) is 20.9 Å². The molecule has 21 heavy (non-hydrogen) atoms. The number of carbonyl (C=O) groups is 1. The van der Waals surface area contributed by atoms with E-state index in [1.807, 2.05) is 0 Å². The van der Waals surface area contributed by atoms with Crippen LogP contribution in [0.25, 0.3) is 0 Å². The maximum absolute atomic E-state index is 12.4. The molecule has 8 heteroatoms. The number of hydrogen-bond donors (Lipinski definition) is 3. The fraction of sp³-hybridized carbons (Fsp3) is 0.0769. The van der Waals surface area contributed by atoms with Crippen LogP contribution in [0.5, 0.6) is 5.75 Å². The third-order valence-corrected chi connectivity index (χ3v) is 3.31. The molecular formula is C13H12BrClN4O2. The van der Waals surface area contributed by atoms with E-state index in [-0.39, 0.29) is 11.4 Å². The molecule has 0 spiro atoms. The molecule has 0 saturated heterocycles. The molecule has 0 unspecified atom stereocenters. The summed E-state index contributed by atoms with van der Waals surface area (Å²) < 4.78 is 5.84. The van der Waals surface area contributed by atoms with Gasteiger partial charge in [0.15, 0.2) is 5.82 Å². The number of nitrogens with one attached hydrogen (secondary N) is 2. The minimum absolute atomic E-state index is 0.261. The summed E-state index contributed by atoms with van der Waals surface area (Å²) in [6.45, 7) is 0. The largest absolute Gasteiger partial charge is 0.495 e. The molecular weight excluding hydrogens is 360 g/mol. The zero-order valence-electron chi connectivity index (χ0n) is 11.0. The summed E-state index contributed by atoms with van der Waals surface area (Å²) >= 11 is 9.19. The van der Waals surface area contributed by atoms with E-state index < -0.39 is 5.91 Å². The number of aromatic nitrogens is 1. The van der Waals surface area contributed by atoms with Gasteiger partial charge >= 0.3 is 0 Å². The molecule has 0 aliphatic heterocycles. The van der Waals surface area contributed by atoms with Gasteiger partial charge in [0, 0.05) is 15.7 Å². The number of nitrogens with two attached hydrogens (primary N) is 1. The fourth-order valence-corrected chi connectivity index (χ4v) is 2.20. The van der Waals surface area contributed by atoms with Crippen molar-refractivity contribution >= 4 is 44.9 Å². The summed E-state index contributed by atoms with van der Waals surface area (Å²) in [4.78, 5) is 16.4. The second-order valence-corrected chi connectivity index (χ2v) is 5.34. The Morgan fingerprint density at radius 3 is 2.86 bits per heavy atom. The van der Waals surface area contributed by atoms with Crippen molar-refractivity contribution in [2.75, 3.05) is 17.9 Å². The highest BCUT2D eigenvalue weighted by Gasteiger charge is 2.15. The van der Waals surface area contributed by atoms with E-state index in [4.69, 9.17) is 22.2 Å². The Bertz CT molecular complexity index is 681. The Morgan fingerprint density at radius 2 is 2.19 bits per heavy atom. The number of rotatable bonds is 4. The Labute approximate surface area is 134 Å². The van der Waals surface area contributed by atoms with Gasteiger partial charge in [0.05, 0.1) is 18.4 Å². The van der Waals surface area contributed by atoms with Gasteiger partial charge in [-0.3, -0.25) is 4.79 Å². The highest BCUT2D eigenvalue weighted by molar-refractivity contribution is 9.10. The number of hydrogen-bond acceptors (Lipinski definition) is 5. The van der Waals surface area contributed by atoms with Crippen molar-refractivity contribution < 1.29 is 9.53 Å². The van der Waals surface area contributed by atoms with Gasteiger partial charge in [-0.2, -0.15) is 0 Å². The molecule has 110 valence electrons. The molecule has 0 radical (unpaired) electrons. The van der Waals surface area contributed by atoms with Crippen LogP contribution in [-0.4, -0.2) is 18.0 Å². The number of ether oxygens (including phenoxy) is 1. The topological polar surface area (TPSA) is 89.3 Å². The van der Waals surface area contributed by atoms with Crippen LogP contribution in [0.1, 0.15) is 10.4 Å². The maximum atomic E-state index is 12.4. The van der Waals surface area contributed by atoms with E-state index in [0.717, 1.165) is 0 Å². The standard InChI is InChI=1S/C13H12BrClN4O2/c1-21-11-3-2-8(15)5-10(11)18-13(20)9-4-7(14)6-17-12(9)19-16/h2-6H,16H2,1H3,(H,17,19)(H,18,20). The number of hydrazine groups is 1. The van der Waals surface area contributed by atoms with E-state index >= 15 is 0 Å². The molecule has 2 aromatic rings. The summed E-state index contributed by atoms with van der Waals surface area (Å²) in [5, 5.41) is 3.20. The first-order chi connectivity index (χ1) is 10.0. The molecule has 1 heterocycles. The first-order valence-electron chi connectivity index (χ1n) is 5.82.